The summed E-state index contributed by atoms with van der Waals surface area (Å²) < 4.78 is 4.96. The van der Waals surface area contributed by atoms with Crippen molar-refractivity contribution in [3.05, 3.63) is 40.0 Å². The Bertz CT molecular complexity index is 798. The Morgan fingerprint density at radius 3 is 3.10 bits per heavy atom. The number of aromatic nitrogens is 3. The molecule has 3 aromatic rings. The quantitative estimate of drug-likeness (QED) is 0.773. The van der Waals surface area contributed by atoms with E-state index in [-0.39, 0.29) is 5.91 Å². The number of rotatable bonds is 4. The van der Waals surface area contributed by atoms with Crippen LogP contribution in [0.2, 0.25) is 5.02 Å². The fourth-order valence-corrected chi connectivity index (χ4v) is 2.83. The summed E-state index contributed by atoms with van der Waals surface area (Å²) in [6.45, 7) is 0.371. The summed E-state index contributed by atoms with van der Waals surface area (Å²) in [7, 11) is 1.58. The first-order valence-electron chi connectivity index (χ1n) is 6.07. The molecule has 0 saturated carbocycles. The van der Waals surface area contributed by atoms with E-state index in [0.29, 0.717) is 27.5 Å². The van der Waals surface area contributed by atoms with Gasteiger partial charge in [0.25, 0.3) is 5.91 Å². The molecule has 21 heavy (non-hydrogen) atoms. The van der Waals surface area contributed by atoms with E-state index in [1.165, 1.54) is 11.3 Å². The van der Waals surface area contributed by atoms with Crippen molar-refractivity contribution in [2.75, 3.05) is 12.4 Å². The fourth-order valence-electron chi connectivity index (χ4n) is 1.89. The largest absolute Gasteiger partial charge is 0.377 e. The van der Waals surface area contributed by atoms with E-state index in [4.69, 9.17) is 16.3 Å². The predicted molar refractivity (Wildman–Crippen MR) is 81.9 cm³/mol. The minimum Gasteiger partial charge on any atom is -0.377 e. The highest BCUT2D eigenvalue weighted by Gasteiger charge is 2.13. The fraction of sp³-hybridized carbons (Fsp3) is 0.154. The van der Waals surface area contributed by atoms with E-state index in [9.17, 15) is 4.79 Å². The predicted octanol–water partition coefficient (Wildman–Crippen LogP) is 3.07. The lowest BCUT2D eigenvalue weighted by molar-refractivity contribution is 0.102. The Hall–Kier alpha value is -1.96. The van der Waals surface area contributed by atoms with Crippen LogP contribution in [0.3, 0.4) is 0 Å². The van der Waals surface area contributed by atoms with E-state index in [1.807, 2.05) is 12.1 Å². The van der Waals surface area contributed by atoms with Crippen molar-refractivity contribution in [1.29, 1.82) is 0 Å². The molecule has 0 unspecified atom stereocenters. The second kappa shape index (κ2) is 5.80. The molecule has 0 spiro atoms. The highest BCUT2D eigenvalue weighted by molar-refractivity contribution is 7.15. The van der Waals surface area contributed by atoms with Crippen LogP contribution in [0.5, 0.6) is 0 Å². The summed E-state index contributed by atoms with van der Waals surface area (Å²) >= 11 is 7.35. The van der Waals surface area contributed by atoms with E-state index in [2.05, 4.69) is 20.5 Å². The molecule has 2 heterocycles. The Kier molecular flexibility index (Phi) is 3.87. The van der Waals surface area contributed by atoms with Gasteiger partial charge in [0.2, 0.25) is 5.13 Å². The maximum Gasteiger partial charge on any atom is 0.273 e. The van der Waals surface area contributed by atoms with Crippen molar-refractivity contribution in [3.8, 4) is 0 Å². The van der Waals surface area contributed by atoms with Crippen molar-refractivity contribution in [3.63, 3.8) is 0 Å². The molecule has 8 heteroatoms. The average molecular weight is 323 g/mol. The monoisotopic (exact) mass is 322 g/mol. The number of H-pyrrole nitrogens is 1. The van der Waals surface area contributed by atoms with E-state index >= 15 is 0 Å². The van der Waals surface area contributed by atoms with Gasteiger partial charge in [-0.15, -0.1) is 10.2 Å². The van der Waals surface area contributed by atoms with Gasteiger partial charge in [-0.2, -0.15) is 0 Å². The van der Waals surface area contributed by atoms with Crippen LogP contribution in [0.25, 0.3) is 10.9 Å². The topological polar surface area (TPSA) is 79.9 Å². The summed E-state index contributed by atoms with van der Waals surface area (Å²) in [6, 6.07) is 7.23. The lowest BCUT2D eigenvalue weighted by atomic mass is 10.2. The molecule has 2 N–H and O–H groups in total. The number of nitrogens with one attached hydrogen (secondary N) is 2. The molecule has 0 aliphatic carbocycles. The van der Waals surface area contributed by atoms with Crippen LogP contribution in [0.4, 0.5) is 5.13 Å². The highest BCUT2D eigenvalue weighted by Crippen LogP contribution is 2.24. The van der Waals surface area contributed by atoms with Crippen LogP contribution in [0.1, 0.15) is 15.5 Å². The molecule has 0 aliphatic heterocycles. The van der Waals surface area contributed by atoms with Gasteiger partial charge in [0.05, 0.1) is 10.5 Å². The van der Waals surface area contributed by atoms with Crippen LogP contribution >= 0.6 is 22.9 Å². The Morgan fingerprint density at radius 2 is 2.33 bits per heavy atom. The number of carbonyl (C=O) groups is 1. The Balaban J connectivity index is 1.81. The molecular weight excluding hydrogens is 312 g/mol. The minimum atomic E-state index is -0.289. The number of hydrogen-bond acceptors (Lipinski definition) is 5. The number of hydrogen-bond donors (Lipinski definition) is 2. The number of nitrogens with zero attached hydrogens (tertiary/aromatic N) is 2. The molecule has 6 nitrogen and oxygen atoms in total. The van der Waals surface area contributed by atoms with E-state index < -0.39 is 0 Å². The molecule has 0 radical (unpaired) electrons. The number of halogens is 1. The van der Waals surface area contributed by atoms with Crippen LogP contribution in [0, 0.1) is 0 Å². The second-order valence-electron chi connectivity index (χ2n) is 4.28. The van der Waals surface area contributed by atoms with Crippen molar-refractivity contribution < 1.29 is 9.53 Å². The zero-order valence-electron chi connectivity index (χ0n) is 11.0. The summed E-state index contributed by atoms with van der Waals surface area (Å²) in [5, 5.41) is 13.1. The minimum absolute atomic E-state index is 0.289. The third kappa shape index (κ3) is 2.90. The van der Waals surface area contributed by atoms with Gasteiger partial charge in [-0.3, -0.25) is 10.1 Å². The number of para-hydroxylation sites is 1. The summed E-state index contributed by atoms with van der Waals surface area (Å²) in [4.78, 5) is 15.2. The van der Waals surface area contributed by atoms with Gasteiger partial charge in [-0.1, -0.05) is 35.1 Å². The van der Waals surface area contributed by atoms with Crippen molar-refractivity contribution in [1.82, 2.24) is 15.2 Å². The first-order chi connectivity index (χ1) is 10.2. The SMILES string of the molecule is COCc1nnc(NC(=O)c2cc3cccc(Cl)c3[nH]2)s1. The maximum atomic E-state index is 12.2. The van der Waals surface area contributed by atoms with Gasteiger partial charge in [-0.05, 0) is 12.1 Å². The van der Waals surface area contributed by atoms with E-state index in [1.54, 1.807) is 19.2 Å². The van der Waals surface area contributed by atoms with Gasteiger partial charge in [0.1, 0.15) is 17.3 Å². The summed E-state index contributed by atoms with van der Waals surface area (Å²) in [6.07, 6.45) is 0. The maximum absolute atomic E-state index is 12.2. The van der Waals surface area contributed by atoms with Crippen LogP contribution in [-0.4, -0.2) is 28.2 Å². The summed E-state index contributed by atoms with van der Waals surface area (Å²) in [5.41, 5.74) is 1.16. The lowest BCUT2D eigenvalue weighted by Gasteiger charge is -1.97. The first kappa shape index (κ1) is 14.0. The molecule has 2 aromatic heterocycles. The Labute approximate surface area is 129 Å². The normalized spacial score (nSPS) is 11.0. The first-order valence-corrected chi connectivity index (χ1v) is 7.26. The molecule has 0 saturated heterocycles. The number of benzene rings is 1. The number of ether oxygens (including phenoxy) is 1. The number of amides is 1. The molecule has 0 aliphatic rings. The molecule has 3 rings (SSSR count). The average Bonchev–Trinajstić information content (AvgIpc) is 3.07. The van der Waals surface area contributed by atoms with Gasteiger partial charge < -0.3 is 9.72 Å². The number of aromatic amines is 1. The molecule has 0 atom stereocenters. The van der Waals surface area contributed by atoms with Crippen LogP contribution in [0.15, 0.2) is 24.3 Å². The second-order valence-corrected chi connectivity index (χ2v) is 5.74. The van der Waals surface area contributed by atoms with Gasteiger partial charge >= 0.3 is 0 Å². The number of carbonyl (C=O) groups excluding carboxylic acids is 1. The highest BCUT2D eigenvalue weighted by atomic mass is 35.5. The standard InChI is InChI=1S/C13H11ClN4O2S/c1-20-6-10-17-18-13(21-10)16-12(19)9-5-7-3-2-4-8(14)11(7)15-9/h2-5,15H,6H2,1H3,(H,16,18,19). The van der Waals surface area contributed by atoms with Gasteiger partial charge in [0.15, 0.2) is 0 Å². The number of anilines is 1. The molecule has 1 aromatic carbocycles. The van der Waals surface area contributed by atoms with Crippen molar-refractivity contribution in [2.45, 2.75) is 6.61 Å². The van der Waals surface area contributed by atoms with Crippen LogP contribution < -0.4 is 5.32 Å². The van der Waals surface area contributed by atoms with Crippen LogP contribution in [-0.2, 0) is 11.3 Å². The van der Waals surface area contributed by atoms with Crippen molar-refractivity contribution >= 4 is 44.9 Å². The smallest absolute Gasteiger partial charge is 0.273 e. The van der Waals surface area contributed by atoms with Crippen molar-refractivity contribution in [2.24, 2.45) is 0 Å². The summed E-state index contributed by atoms with van der Waals surface area (Å²) in [5.74, 6) is -0.289. The lowest BCUT2D eigenvalue weighted by Crippen LogP contribution is -2.11. The zero-order chi connectivity index (χ0) is 14.8. The number of fused-ring (bicyclic) bond motifs is 1. The molecule has 108 valence electrons. The molecule has 1 amide bonds. The molecular formula is C13H11ClN4O2S. The third-order valence-corrected chi connectivity index (χ3v) is 3.93. The van der Waals surface area contributed by atoms with E-state index in [0.717, 1.165) is 10.9 Å². The Morgan fingerprint density at radius 1 is 1.48 bits per heavy atom. The molecule has 0 bridgehead atoms. The third-order valence-electron chi connectivity index (χ3n) is 2.81. The van der Waals surface area contributed by atoms with Gasteiger partial charge in [-0.25, -0.2) is 0 Å². The molecule has 0 fully saturated rings. The van der Waals surface area contributed by atoms with Gasteiger partial charge in [0, 0.05) is 12.5 Å². The number of methoxy groups -OCH3 is 1. The zero-order valence-corrected chi connectivity index (χ0v) is 12.6.